The van der Waals surface area contributed by atoms with Gasteiger partial charge >= 0.3 is 5.97 Å². The Kier molecular flexibility index (Phi) is 2.86. The lowest BCUT2D eigenvalue weighted by molar-refractivity contribution is -0.162. The number of hydrogen-bond donors (Lipinski definition) is 1. The molecule has 0 fully saturated rings. The molecule has 1 amide bonds. The van der Waals surface area contributed by atoms with Gasteiger partial charge in [-0.05, 0) is 19.1 Å². The number of esters is 1. The lowest BCUT2D eigenvalue weighted by Gasteiger charge is -2.32. The molecular weight excluding hydrogens is 238 g/mol. The zero-order valence-electron chi connectivity index (χ0n) is 10.3. The van der Waals surface area contributed by atoms with Gasteiger partial charge in [0.25, 0.3) is 11.5 Å². The Morgan fingerprint density at radius 2 is 2.11 bits per heavy atom. The van der Waals surface area contributed by atoms with E-state index in [9.17, 15) is 9.59 Å². The van der Waals surface area contributed by atoms with E-state index < -0.39 is 17.5 Å². The normalized spacial score (nSPS) is 21.4. The molecule has 0 saturated heterocycles. The van der Waals surface area contributed by atoms with Gasteiger partial charge in [-0.2, -0.15) is 0 Å². The maximum Gasteiger partial charge on any atom is 0.359 e. The van der Waals surface area contributed by atoms with Gasteiger partial charge in [0, 0.05) is 6.07 Å². The smallest absolute Gasteiger partial charge is 0.359 e. The maximum atomic E-state index is 11.9. The van der Waals surface area contributed by atoms with Crippen LogP contribution in [0, 0.1) is 0 Å². The molecule has 0 aliphatic carbocycles. The van der Waals surface area contributed by atoms with E-state index >= 15 is 0 Å². The standard InChI is InChI=1S/C12H13NO5/c1-12(11(15)17-3)10(14)13-8-6-7(16-2)4-5-9(8)18-12/h4-6H,1-3H3,(H,13,14)/t12-/m1/s1. The summed E-state index contributed by atoms with van der Waals surface area (Å²) in [7, 11) is 2.72. The van der Waals surface area contributed by atoms with E-state index in [0.29, 0.717) is 17.2 Å². The number of fused-ring (bicyclic) bond motifs is 1. The number of anilines is 1. The third kappa shape index (κ3) is 1.75. The zero-order valence-corrected chi connectivity index (χ0v) is 10.3. The van der Waals surface area contributed by atoms with Gasteiger partial charge in [-0.1, -0.05) is 0 Å². The van der Waals surface area contributed by atoms with Gasteiger partial charge in [-0.15, -0.1) is 0 Å². The summed E-state index contributed by atoms with van der Waals surface area (Å²) in [4.78, 5) is 23.5. The number of benzene rings is 1. The third-order valence-corrected chi connectivity index (χ3v) is 2.76. The predicted octanol–water partition coefficient (Wildman–Crippen LogP) is 0.958. The summed E-state index contributed by atoms with van der Waals surface area (Å²) in [6, 6.07) is 4.91. The Labute approximate surface area is 104 Å². The summed E-state index contributed by atoms with van der Waals surface area (Å²) in [5.74, 6) is -0.348. The minimum atomic E-state index is -1.67. The highest BCUT2D eigenvalue weighted by atomic mass is 16.6. The summed E-state index contributed by atoms with van der Waals surface area (Å²) in [6.45, 7) is 1.36. The van der Waals surface area contributed by atoms with Crippen molar-refractivity contribution in [1.82, 2.24) is 0 Å². The summed E-state index contributed by atoms with van der Waals surface area (Å²) in [6.07, 6.45) is 0. The molecule has 96 valence electrons. The fourth-order valence-corrected chi connectivity index (χ4v) is 1.66. The van der Waals surface area contributed by atoms with Crippen LogP contribution in [0.2, 0.25) is 0 Å². The second-order valence-electron chi connectivity index (χ2n) is 3.94. The van der Waals surface area contributed by atoms with E-state index in [2.05, 4.69) is 10.1 Å². The molecule has 0 unspecified atom stereocenters. The van der Waals surface area contributed by atoms with E-state index in [0.717, 1.165) is 0 Å². The van der Waals surface area contributed by atoms with Crippen molar-refractivity contribution in [2.75, 3.05) is 19.5 Å². The van der Waals surface area contributed by atoms with Crippen LogP contribution in [0.1, 0.15) is 6.92 Å². The second kappa shape index (κ2) is 4.21. The Hall–Kier alpha value is -2.24. The third-order valence-electron chi connectivity index (χ3n) is 2.76. The van der Waals surface area contributed by atoms with Gasteiger partial charge in [-0.3, -0.25) is 4.79 Å². The number of nitrogens with one attached hydrogen (secondary N) is 1. The summed E-state index contributed by atoms with van der Waals surface area (Å²) in [5, 5.41) is 2.60. The highest BCUT2D eigenvalue weighted by Crippen LogP contribution is 2.36. The molecule has 0 bridgehead atoms. The minimum absolute atomic E-state index is 0.392. The number of amides is 1. The Morgan fingerprint density at radius 3 is 2.72 bits per heavy atom. The van der Waals surface area contributed by atoms with E-state index in [-0.39, 0.29) is 0 Å². The molecule has 1 aromatic rings. The van der Waals surface area contributed by atoms with Crippen LogP contribution in [0.3, 0.4) is 0 Å². The first-order valence-corrected chi connectivity index (χ1v) is 5.28. The first kappa shape index (κ1) is 12.2. The van der Waals surface area contributed by atoms with Crippen LogP contribution in [-0.4, -0.2) is 31.7 Å². The van der Waals surface area contributed by atoms with Crippen molar-refractivity contribution in [3.05, 3.63) is 18.2 Å². The van der Waals surface area contributed by atoms with E-state index in [1.807, 2.05) is 0 Å². The van der Waals surface area contributed by atoms with Gasteiger partial charge < -0.3 is 19.5 Å². The zero-order chi connectivity index (χ0) is 13.3. The van der Waals surface area contributed by atoms with Gasteiger partial charge in [0.2, 0.25) is 0 Å². The van der Waals surface area contributed by atoms with E-state index in [4.69, 9.17) is 9.47 Å². The highest BCUT2D eigenvalue weighted by molar-refractivity contribution is 6.13. The van der Waals surface area contributed by atoms with Crippen molar-refractivity contribution in [3.63, 3.8) is 0 Å². The van der Waals surface area contributed by atoms with Crippen molar-refractivity contribution in [2.24, 2.45) is 0 Å². The van der Waals surface area contributed by atoms with E-state index in [1.165, 1.54) is 21.1 Å². The molecule has 2 rings (SSSR count). The number of carbonyl (C=O) groups excluding carboxylic acids is 2. The summed E-state index contributed by atoms with van der Waals surface area (Å²) < 4.78 is 15.1. The maximum absolute atomic E-state index is 11.9. The van der Waals surface area contributed by atoms with Crippen LogP contribution < -0.4 is 14.8 Å². The van der Waals surface area contributed by atoms with Gasteiger partial charge in [0.05, 0.1) is 19.9 Å². The van der Waals surface area contributed by atoms with Crippen LogP contribution in [0.25, 0.3) is 0 Å². The Bertz CT molecular complexity index is 513. The van der Waals surface area contributed by atoms with Crippen molar-refractivity contribution >= 4 is 17.6 Å². The molecule has 1 N–H and O–H groups in total. The molecule has 18 heavy (non-hydrogen) atoms. The molecule has 1 aromatic carbocycles. The molecule has 6 heteroatoms. The number of rotatable bonds is 2. The molecule has 6 nitrogen and oxygen atoms in total. The topological polar surface area (TPSA) is 73.9 Å². The van der Waals surface area contributed by atoms with Crippen LogP contribution in [0.15, 0.2) is 18.2 Å². The fraction of sp³-hybridized carbons (Fsp3) is 0.333. The summed E-state index contributed by atoms with van der Waals surface area (Å²) in [5.41, 5.74) is -1.21. The molecule has 0 saturated carbocycles. The SMILES string of the molecule is COC(=O)[C@]1(C)Oc2ccc(OC)cc2NC1=O. The van der Waals surface area contributed by atoms with Crippen molar-refractivity contribution in [1.29, 1.82) is 0 Å². The van der Waals surface area contributed by atoms with Gasteiger partial charge in [0.1, 0.15) is 11.5 Å². The van der Waals surface area contributed by atoms with E-state index in [1.54, 1.807) is 18.2 Å². The molecule has 0 spiro atoms. The number of carbonyl (C=O) groups is 2. The van der Waals surface area contributed by atoms with Crippen molar-refractivity contribution in [2.45, 2.75) is 12.5 Å². The number of ether oxygens (including phenoxy) is 3. The number of hydrogen-bond acceptors (Lipinski definition) is 5. The predicted molar refractivity (Wildman–Crippen MR) is 62.7 cm³/mol. The largest absolute Gasteiger partial charge is 0.497 e. The van der Waals surface area contributed by atoms with Gasteiger partial charge in [0.15, 0.2) is 0 Å². The molecule has 1 atom stereocenters. The lowest BCUT2D eigenvalue weighted by atomic mass is 10.0. The Balaban J connectivity index is 2.40. The Morgan fingerprint density at radius 1 is 1.39 bits per heavy atom. The molecule has 0 radical (unpaired) electrons. The molecule has 1 aliphatic rings. The quantitative estimate of drug-likeness (QED) is 0.626. The fourth-order valence-electron chi connectivity index (χ4n) is 1.66. The lowest BCUT2D eigenvalue weighted by Crippen LogP contribution is -2.54. The van der Waals surface area contributed by atoms with Crippen LogP contribution in [0.5, 0.6) is 11.5 Å². The summed E-state index contributed by atoms with van der Waals surface area (Å²) >= 11 is 0. The molecular formula is C12H13NO5. The highest BCUT2D eigenvalue weighted by Gasteiger charge is 2.48. The van der Waals surface area contributed by atoms with Gasteiger partial charge in [-0.25, -0.2) is 4.79 Å². The van der Waals surface area contributed by atoms with Crippen molar-refractivity contribution < 1.29 is 23.8 Å². The first-order valence-electron chi connectivity index (χ1n) is 5.28. The number of methoxy groups -OCH3 is 2. The average Bonchev–Trinajstić information content (AvgIpc) is 2.38. The molecule has 1 heterocycles. The average molecular weight is 251 g/mol. The van der Waals surface area contributed by atoms with Crippen molar-refractivity contribution in [3.8, 4) is 11.5 Å². The molecule has 0 aromatic heterocycles. The van der Waals surface area contributed by atoms with Crippen LogP contribution >= 0.6 is 0 Å². The van der Waals surface area contributed by atoms with Crippen LogP contribution in [-0.2, 0) is 14.3 Å². The van der Waals surface area contributed by atoms with Crippen LogP contribution in [0.4, 0.5) is 5.69 Å². The molecule has 1 aliphatic heterocycles. The first-order chi connectivity index (χ1) is 8.51. The second-order valence-corrected chi connectivity index (χ2v) is 3.94. The monoisotopic (exact) mass is 251 g/mol. The minimum Gasteiger partial charge on any atom is -0.497 e.